The highest BCUT2D eigenvalue weighted by Gasteiger charge is 2.18. The molecule has 0 radical (unpaired) electrons. The molecule has 24 heavy (non-hydrogen) atoms. The Balaban J connectivity index is 2.03. The Morgan fingerprint density at radius 3 is 2.62 bits per heavy atom. The lowest BCUT2D eigenvalue weighted by Crippen LogP contribution is -2.26. The zero-order chi connectivity index (χ0) is 17.5. The van der Waals surface area contributed by atoms with E-state index < -0.39 is 23.5 Å². The Hall–Kier alpha value is -3.03. The van der Waals surface area contributed by atoms with Gasteiger partial charge in [-0.25, -0.2) is 14.2 Å². The van der Waals surface area contributed by atoms with Crippen LogP contribution in [0.5, 0.6) is 6.01 Å². The molecule has 1 N–H and O–H groups in total. The molecule has 0 fully saturated rings. The average molecular weight is 333 g/mol. The number of amides is 1. The smallest absolute Gasteiger partial charge is 0.397 e. The second-order valence-electron chi connectivity index (χ2n) is 4.80. The van der Waals surface area contributed by atoms with Crippen molar-refractivity contribution in [3.05, 3.63) is 47.4 Å². The van der Waals surface area contributed by atoms with E-state index in [1.807, 2.05) is 36.5 Å². The van der Waals surface area contributed by atoms with Gasteiger partial charge in [-0.05, 0) is 19.4 Å². The fraction of sp³-hybridized carbons (Fsp3) is 0.250. The third-order valence-electron chi connectivity index (χ3n) is 2.90. The molecule has 1 amide bonds. The monoisotopic (exact) mass is 333 g/mol. The fourth-order valence-electron chi connectivity index (χ4n) is 1.70. The van der Waals surface area contributed by atoms with Gasteiger partial charge in [0.1, 0.15) is 6.61 Å². The molecule has 7 nitrogen and oxygen atoms in total. The first kappa shape index (κ1) is 17.3. The maximum atomic E-state index is 13.6. The third-order valence-corrected chi connectivity index (χ3v) is 2.90. The summed E-state index contributed by atoms with van der Waals surface area (Å²) < 4.78 is 23.5. The van der Waals surface area contributed by atoms with Gasteiger partial charge in [-0.3, -0.25) is 10.1 Å². The van der Waals surface area contributed by atoms with Crippen LogP contribution in [0.2, 0.25) is 0 Å². The van der Waals surface area contributed by atoms with Crippen LogP contribution in [0.4, 0.5) is 10.2 Å². The van der Waals surface area contributed by atoms with Crippen molar-refractivity contribution in [1.29, 1.82) is 0 Å². The molecular formula is C16H16FN3O4. The normalized spacial score (nSPS) is 10.1. The van der Waals surface area contributed by atoms with Crippen LogP contribution in [0.1, 0.15) is 18.1 Å². The van der Waals surface area contributed by atoms with E-state index in [1.54, 1.807) is 6.92 Å². The van der Waals surface area contributed by atoms with Gasteiger partial charge in [-0.15, -0.1) is 0 Å². The topological polar surface area (TPSA) is 90.4 Å². The Labute approximate surface area is 137 Å². The van der Waals surface area contributed by atoms with Gasteiger partial charge in [0.2, 0.25) is 0 Å². The minimum atomic E-state index is -1.13. The van der Waals surface area contributed by atoms with Gasteiger partial charge in [0.05, 0.1) is 12.8 Å². The minimum Gasteiger partial charge on any atom is -0.459 e. The molecule has 8 heteroatoms. The molecule has 126 valence electrons. The van der Waals surface area contributed by atoms with Crippen LogP contribution in [-0.2, 0) is 20.9 Å². The summed E-state index contributed by atoms with van der Waals surface area (Å²) in [5.74, 6) is -3.60. The Bertz CT molecular complexity index is 735. The van der Waals surface area contributed by atoms with Crippen molar-refractivity contribution in [2.45, 2.75) is 20.5 Å². The molecule has 0 atom stereocenters. The number of carbonyl (C=O) groups is 2. The highest BCUT2D eigenvalue weighted by Crippen LogP contribution is 2.15. The van der Waals surface area contributed by atoms with Crippen LogP contribution in [0.3, 0.4) is 0 Å². The minimum absolute atomic E-state index is 0.0312. The lowest BCUT2D eigenvalue weighted by molar-refractivity contribution is -0.152. The van der Waals surface area contributed by atoms with Crippen molar-refractivity contribution in [2.75, 3.05) is 11.9 Å². The molecule has 0 saturated heterocycles. The number of nitrogens with one attached hydrogen (secondary N) is 1. The van der Waals surface area contributed by atoms with E-state index in [0.717, 1.165) is 17.3 Å². The first-order chi connectivity index (χ1) is 11.5. The van der Waals surface area contributed by atoms with Gasteiger partial charge in [-0.1, -0.05) is 29.8 Å². The Morgan fingerprint density at radius 2 is 1.96 bits per heavy atom. The van der Waals surface area contributed by atoms with Crippen LogP contribution in [0.25, 0.3) is 0 Å². The number of ether oxygens (including phenoxy) is 2. The summed E-state index contributed by atoms with van der Waals surface area (Å²) in [5, 5.41) is 2.02. The van der Waals surface area contributed by atoms with Gasteiger partial charge in [0.15, 0.2) is 11.6 Å². The number of rotatable bonds is 5. The second-order valence-corrected chi connectivity index (χ2v) is 4.80. The summed E-state index contributed by atoms with van der Waals surface area (Å²) in [5.41, 5.74) is 1.99. The summed E-state index contributed by atoms with van der Waals surface area (Å²) in [6.07, 6.45) is 0.845. The molecule has 1 heterocycles. The molecular weight excluding hydrogens is 317 g/mol. The second kappa shape index (κ2) is 8.00. The van der Waals surface area contributed by atoms with Crippen LogP contribution in [0.15, 0.2) is 30.5 Å². The van der Waals surface area contributed by atoms with Crippen LogP contribution >= 0.6 is 0 Å². The number of anilines is 1. The standard InChI is InChI=1S/C16H16FN3O4/c1-3-23-15(22)14(21)19-13-12(17)8-18-16(20-13)24-9-11-6-4-10(2)5-7-11/h4-8H,3,9H2,1-2H3,(H,18,19,20,21). The number of benzene rings is 1. The number of aryl methyl sites for hydroxylation is 1. The van der Waals surface area contributed by atoms with E-state index in [9.17, 15) is 14.0 Å². The number of hydrogen-bond acceptors (Lipinski definition) is 6. The lowest BCUT2D eigenvalue weighted by Gasteiger charge is -2.08. The number of nitrogens with zero attached hydrogens (tertiary/aromatic N) is 2. The van der Waals surface area contributed by atoms with E-state index in [-0.39, 0.29) is 19.2 Å². The molecule has 0 bridgehead atoms. The van der Waals surface area contributed by atoms with Crippen LogP contribution in [-0.4, -0.2) is 28.5 Å². The molecule has 0 aliphatic rings. The number of halogens is 1. The van der Waals surface area contributed by atoms with Crippen molar-refractivity contribution < 1.29 is 23.5 Å². The lowest BCUT2D eigenvalue weighted by atomic mass is 10.2. The molecule has 1 aromatic heterocycles. The molecule has 0 unspecified atom stereocenters. The van der Waals surface area contributed by atoms with Gasteiger partial charge < -0.3 is 9.47 Å². The number of aromatic nitrogens is 2. The van der Waals surface area contributed by atoms with Crippen molar-refractivity contribution in [2.24, 2.45) is 0 Å². The first-order valence-electron chi connectivity index (χ1n) is 7.18. The molecule has 0 aliphatic heterocycles. The third kappa shape index (κ3) is 4.73. The summed E-state index contributed by atoms with van der Waals surface area (Å²) in [4.78, 5) is 30.2. The maximum Gasteiger partial charge on any atom is 0.397 e. The molecule has 2 rings (SSSR count). The fourth-order valence-corrected chi connectivity index (χ4v) is 1.70. The van der Waals surface area contributed by atoms with Crippen molar-refractivity contribution in [1.82, 2.24) is 9.97 Å². The van der Waals surface area contributed by atoms with Crippen molar-refractivity contribution in [3.63, 3.8) is 0 Å². The predicted molar refractivity (Wildman–Crippen MR) is 82.8 cm³/mol. The number of hydrogen-bond donors (Lipinski definition) is 1. The van der Waals surface area contributed by atoms with Crippen molar-refractivity contribution >= 4 is 17.7 Å². The Morgan fingerprint density at radius 1 is 1.25 bits per heavy atom. The van der Waals surface area contributed by atoms with Gasteiger partial charge in [-0.2, -0.15) is 4.98 Å². The highest BCUT2D eigenvalue weighted by atomic mass is 19.1. The average Bonchev–Trinajstić information content (AvgIpc) is 2.57. The van der Waals surface area contributed by atoms with E-state index in [1.165, 1.54) is 0 Å². The molecule has 0 aliphatic carbocycles. The van der Waals surface area contributed by atoms with Crippen LogP contribution in [0, 0.1) is 12.7 Å². The molecule has 0 spiro atoms. The van der Waals surface area contributed by atoms with Gasteiger partial charge in [0.25, 0.3) is 0 Å². The summed E-state index contributed by atoms with van der Waals surface area (Å²) in [7, 11) is 0. The SMILES string of the molecule is CCOC(=O)C(=O)Nc1nc(OCc2ccc(C)cc2)ncc1F. The van der Waals surface area contributed by atoms with Crippen molar-refractivity contribution in [3.8, 4) is 6.01 Å². The largest absolute Gasteiger partial charge is 0.459 e. The Kier molecular flexibility index (Phi) is 5.78. The van der Waals surface area contributed by atoms with E-state index in [4.69, 9.17) is 4.74 Å². The highest BCUT2D eigenvalue weighted by molar-refractivity contribution is 6.37. The maximum absolute atomic E-state index is 13.6. The predicted octanol–water partition coefficient (Wildman–Crippen LogP) is 2.00. The summed E-state index contributed by atoms with van der Waals surface area (Å²) >= 11 is 0. The zero-order valence-corrected chi connectivity index (χ0v) is 13.2. The van der Waals surface area contributed by atoms with E-state index in [2.05, 4.69) is 14.7 Å². The number of carbonyl (C=O) groups excluding carboxylic acids is 2. The van der Waals surface area contributed by atoms with E-state index >= 15 is 0 Å². The molecule has 2 aromatic rings. The zero-order valence-electron chi connectivity index (χ0n) is 13.2. The summed E-state index contributed by atoms with van der Waals surface area (Å²) in [6, 6.07) is 7.48. The van der Waals surface area contributed by atoms with Gasteiger partial charge in [0, 0.05) is 0 Å². The summed E-state index contributed by atoms with van der Waals surface area (Å²) in [6.45, 7) is 3.72. The molecule has 1 aromatic carbocycles. The molecule has 0 saturated carbocycles. The van der Waals surface area contributed by atoms with E-state index in [0.29, 0.717) is 0 Å². The van der Waals surface area contributed by atoms with Gasteiger partial charge >= 0.3 is 17.9 Å². The first-order valence-corrected chi connectivity index (χ1v) is 7.18. The van der Waals surface area contributed by atoms with Crippen LogP contribution < -0.4 is 10.1 Å². The quantitative estimate of drug-likeness (QED) is 0.665. The number of esters is 1.